The first-order valence-corrected chi connectivity index (χ1v) is 12.7. The highest BCUT2D eigenvalue weighted by molar-refractivity contribution is 9.10. The van der Waals surface area contributed by atoms with E-state index >= 15 is 0 Å². The van der Waals surface area contributed by atoms with Crippen LogP contribution < -0.4 is 9.80 Å². The molecule has 2 atom stereocenters. The maximum absolute atomic E-state index is 13.2. The Kier molecular flexibility index (Phi) is 6.65. The summed E-state index contributed by atoms with van der Waals surface area (Å²) in [5.41, 5.74) is 4.44. The van der Waals surface area contributed by atoms with Crippen LogP contribution in [0.5, 0.6) is 0 Å². The summed E-state index contributed by atoms with van der Waals surface area (Å²) in [6.45, 7) is 0. The number of esters is 2. The first kappa shape index (κ1) is 24.8. The molecule has 188 valence electrons. The molecule has 4 aromatic carbocycles. The van der Waals surface area contributed by atoms with Crippen molar-refractivity contribution in [2.45, 2.75) is 12.2 Å². The number of hydrogen-bond donors (Lipinski definition) is 0. The van der Waals surface area contributed by atoms with E-state index < -0.39 is 24.1 Å². The van der Waals surface area contributed by atoms with Crippen molar-refractivity contribution in [2.75, 3.05) is 38.0 Å². The van der Waals surface area contributed by atoms with Crippen LogP contribution in [0.25, 0.3) is 10.8 Å². The van der Waals surface area contributed by atoms with Gasteiger partial charge in [0.1, 0.15) is 0 Å². The van der Waals surface area contributed by atoms with Crippen molar-refractivity contribution in [3.63, 3.8) is 0 Å². The van der Waals surface area contributed by atoms with Gasteiger partial charge in [0, 0.05) is 55.2 Å². The van der Waals surface area contributed by atoms with E-state index in [4.69, 9.17) is 9.47 Å². The molecule has 5 rings (SSSR count). The Hall–Kier alpha value is -3.84. The Labute approximate surface area is 224 Å². The summed E-state index contributed by atoms with van der Waals surface area (Å²) >= 11 is 3.62. The van der Waals surface area contributed by atoms with Gasteiger partial charge in [-0.25, -0.2) is 9.59 Å². The molecule has 0 saturated carbocycles. The van der Waals surface area contributed by atoms with Gasteiger partial charge >= 0.3 is 11.9 Å². The van der Waals surface area contributed by atoms with Crippen molar-refractivity contribution in [2.24, 2.45) is 0 Å². The Bertz CT molecular complexity index is 1400. The van der Waals surface area contributed by atoms with Crippen LogP contribution >= 0.6 is 15.9 Å². The Morgan fingerprint density at radius 2 is 1.11 bits per heavy atom. The molecule has 1 aliphatic carbocycles. The van der Waals surface area contributed by atoms with E-state index in [1.165, 1.54) is 0 Å². The number of ether oxygens (including phenoxy) is 2. The van der Waals surface area contributed by atoms with E-state index in [0.29, 0.717) is 11.1 Å². The third-order valence-electron chi connectivity index (χ3n) is 6.65. The summed E-state index contributed by atoms with van der Waals surface area (Å²) < 4.78 is 13.0. The number of carbonyl (C=O) groups is 2. The lowest BCUT2D eigenvalue weighted by Crippen LogP contribution is -2.20. The van der Waals surface area contributed by atoms with Crippen LogP contribution in [0.3, 0.4) is 0 Å². The third-order valence-corrected chi connectivity index (χ3v) is 7.34. The molecule has 0 aliphatic heterocycles. The molecule has 0 aromatic heterocycles. The number of hydrogen-bond acceptors (Lipinski definition) is 6. The first-order chi connectivity index (χ1) is 17.7. The Morgan fingerprint density at radius 1 is 0.649 bits per heavy atom. The highest BCUT2D eigenvalue weighted by Gasteiger charge is 2.40. The maximum Gasteiger partial charge on any atom is 0.338 e. The van der Waals surface area contributed by atoms with Gasteiger partial charge in [-0.3, -0.25) is 0 Å². The topological polar surface area (TPSA) is 59.1 Å². The molecule has 6 nitrogen and oxygen atoms in total. The summed E-state index contributed by atoms with van der Waals surface area (Å²) in [5.74, 6) is -0.953. The Morgan fingerprint density at radius 3 is 1.57 bits per heavy atom. The highest BCUT2D eigenvalue weighted by Crippen LogP contribution is 2.50. The molecule has 0 heterocycles. The Balaban J connectivity index is 1.48. The minimum Gasteiger partial charge on any atom is -0.449 e. The molecule has 0 saturated heterocycles. The molecule has 0 fully saturated rings. The molecule has 4 aromatic rings. The second-order valence-electron chi connectivity index (χ2n) is 9.44. The predicted molar refractivity (Wildman–Crippen MR) is 149 cm³/mol. The molecule has 0 amide bonds. The summed E-state index contributed by atoms with van der Waals surface area (Å²) in [7, 11) is 7.76. The van der Waals surface area contributed by atoms with Crippen molar-refractivity contribution in [3.05, 3.63) is 106 Å². The van der Waals surface area contributed by atoms with Gasteiger partial charge in [0.15, 0.2) is 12.2 Å². The van der Waals surface area contributed by atoms with Crippen LogP contribution in [0.1, 0.15) is 44.1 Å². The van der Waals surface area contributed by atoms with Crippen molar-refractivity contribution in [1.82, 2.24) is 0 Å². The summed E-state index contributed by atoms with van der Waals surface area (Å²) in [6, 6.07) is 24.1. The predicted octanol–water partition coefficient (Wildman–Crippen LogP) is 6.54. The van der Waals surface area contributed by atoms with Gasteiger partial charge in [0.05, 0.1) is 11.1 Å². The second kappa shape index (κ2) is 9.90. The summed E-state index contributed by atoms with van der Waals surface area (Å²) in [5, 5.41) is 1.90. The zero-order chi connectivity index (χ0) is 26.3. The molecule has 0 N–H and O–H groups in total. The van der Waals surface area contributed by atoms with Gasteiger partial charge in [-0.15, -0.1) is 0 Å². The molecule has 7 heteroatoms. The smallest absolute Gasteiger partial charge is 0.338 e. The van der Waals surface area contributed by atoms with Gasteiger partial charge < -0.3 is 19.3 Å². The lowest BCUT2D eigenvalue weighted by atomic mass is 10.1. The van der Waals surface area contributed by atoms with Crippen LogP contribution in [0, 0.1) is 0 Å². The number of anilines is 2. The van der Waals surface area contributed by atoms with Crippen molar-refractivity contribution >= 4 is 50.0 Å². The molecular formula is C30H27BrN2O4. The first-order valence-electron chi connectivity index (χ1n) is 11.9. The maximum atomic E-state index is 13.2. The third kappa shape index (κ3) is 4.67. The molecule has 0 unspecified atom stereocenters. The van der Waals surface area contributed by atoms with E-state index in [0.717, 1.165) is 37.7 Å². The van der Waals surface area contributed by atoms with Gasteiger partial charge in [0.2, 0.25) is 0 Å². The monoisotopic (exact) mass is 558 g/mol. The van der Waals surface area contributed by atoms with E-state index in [-0.39, 0.29) is 0 Å². The van der Waals surface area contributed by atoms with Crippen molar-refractivity contribution in [1.29, 1.82) is 0 Å². The molecular weight excluding hydrogens is 532 g/mol. The van der Waals surface area contributed by atoms with Gasteiger partial charge in [0.25, 0.3) is 0 Å². The van der Waals surface area contributed by atoms with Crippen LogP contribution in [0.15, 0.2) is 83.3 Å². The summed E-state index contributed by atoms with van der Waals surface area (Å²) in [6.07, 6.45) is -1.56. The van der Waals surface area contributed by atoms with Crippen LogP contribution in [-0.4, -0.2) is 40.1 Å². The number of halogens is 1. The fourth-order valence-electron chi connectivity index (χ4n) is 4.64. The van der Waals surface area contributed by atoms with Crippen molar-refractivity contribution < 1.29 is 19.1 Å². The normalized spacial score (nSPS) is 15.9. The molecule has 0 radical (unpaired) electrons. The average molecular weight is 559 g/mol. The molecule has 37 heavy (non-hydrogen) atoms. The number of benzene rings is 4. The molecule has 0 spiro atoms. The van der Waals surface area contributed by atoms with Crippen LogP contribution in [0.4, 0.5) is 11.4 Å². The van der Waals surface area contributed by atoms with Gasteiger partial charge in [-0.2, -0.15) is 0 Å². The number of rotatable bonds is 6. The number of nitrogens with zero attached hydrogens (tertiary/aromatic N) is 2. The van der Waals surface area contributed by atoms with Crippen LogP contribution in [0.2, 0.25) is 0 Å². The van der Waals surface area contributed by atoms with Gasteiger partial charge in [-0.05, 0) is 65.4 Å². The standard InChI is InChI=1S/C30H27BrN2O4/c1-32(2)20-12-8-18(9-13-20)29(34)36-27-23-7-5-6-22-25(31)17-16-24(26(22)23)28(27)37-30(35)19-10-14-21(15-11-19)33(3)4/h5-17,27-28H,1-4H3/t27-,28-/m0/s1. The lowest BCUT2D eigenvalue weighted by Gasteiger charge is -2.23. The number of carbonyl (C=O) groups excluding carboxylic acids is 2. The zero-order valence-electron chi connectivity index (χ0n) is 21.1. The summed E-state index contributed by atoms with van der Waals surface area (Å²) in [4.78, 5) is 30.4. The average Bonchev–Trinajstić information content (AvgIpc) is 3.19. The molecule has 1 aliphatic rings. The fraction of sp³-hybridized carbons (Fsp3) is 0.200. The highest BCUT2D eigenvalue weighted by atomic mass is 79.9. The van der Waals surface area contributed by atoms with E-state index in [1.807, 2.05) is 92.6 Å². The lowest BCUT2D eigenvalue weighted by molar-refractivity contribution is -0.0345. The zero-order valence-corrected chi connectivity index (χ0v) is 22.7. The van der Waals surface area contributed by atoms with E-state index in [2.05, 4.69) is 15.9 Å². The second-order valence-corrected chi connectivity index (χ2v) is 10.3. The fourth-order valence-corrected chi connectivity index (χ4v) is 5.10. The van der Waals surface area contributed by atoms with Gasteiger partial charge in [-0.1, -0.05) is 40.2 Å². The largest absolute Gasteiger partial charge is 0.449 e. The van der Waals surface area contributed by atoms with Crippen LogP contribution in [-0.2, 0) is 9.47 Å². The minimum absolute atomic E-state index is 0.430. The van der Waals surface area contributed by atoms with Crippen molar-refractivity contribution in [3.8, 4) is 0 Å². The minimum atomic E-state index is -0.779. The molecule has 0 bridgehead atoms. The quantitative estimate of drug-likeness (QED) is 0.250. The van der Waals surface area contributed by atoms with E-state index in [1.54, 1.807) is 24.3 Å². The SMILES string of the molecule is CN(C)c1ccc(C(=O)O[C@H]2c3cccc4c(Br)ccc(c34)[C@@H]2OC(=O)c2ccc(N(C)C)cc2)cc1. The van der Waals surface area contributed by atoms with E-state index in [9.17, 15) is 9.59 Å².